The molecule has 2 bridgehead atoms. The van der Waals surface area contributed by atoms with Gasteiger partial charge in [-0.05, 0) is 37.0 Å². The summed E-state index contributed by atoms with van der Waals surface area (Å²) in [7, 11) is 0. The molecule has 0 amide bonds. The van der Waals surface area contributed by atoms with Crippen LogP contribution >= 0.6 is 0 Å². The number of piperidine rings is 1. The molecule has 3 aliphatic heterocycles. The van der Waals surface area contributed by atoms with Crippen molar-refractivity contribution >= 4 is 0 Å². The van der Waals surface area contributed by atoms with Crippen LogP contribution < -0.4 is 0 Å². The number of fused-ring (bicyclic) bond motifs is 4. The van der Waals surface area contributed by atoms with Gasteiger partial charge in [0.15, 0.2) is 0 Å². The van der Waals surface area contributed by atoms with Gasteiger partial charge in [0.05, 0.1) is 11.4 Å². The van der Waals surface area contributed by atoms with Gasteiger partial charge in [0.1, 0.15) is 0 Å². The average Bonchev–Trinajstić information content (AvgIpc) is 2.91. The molecule has 3 saturated heterocycles. The number of pyridine rings is 1. The van der Waals surface area contributed by atoms with E-state index in [2.05, 4.69) is 64.0 Å². The van der Waals surface area contributed by atoms with Gasteiger partial charge in [0.2, 0.25) is 0 Å². The van der Waals surface area contributed by atoms with Gasteiger partial charge in [-0.2, -0.15) is 5.10 Å². The van der Waals surface area contributed by atoms with Crippen molar-refractivity contribution in [3.63, 3.8) is 0 Å². The molecule has 0 aliphatic carbocycles. The normalized spacial score (nSPS) is 24.7. The first-order chi connectivity index (χ1) is 12.5. The zero-order valence-corrected chi connectivity index (χ0v) is 16.3. The van der Waals surface area contributed by atoms with Crippen molar-refractivity contribution in [2.45, 2.75) is 58.2 Å². The lowest BCUT2D eigenvalue weighted by molar-refractivity contribution is 0.121. The molecule has 1 N–H and O–H groups in total. The average molecular weight is 354 g/mol. The Labute approximate surface area is 156 Å². The molecule has 3 fully saturated rings. The Balaban J connectivity index is 1.42. The number of nitrogens with one attached hydrogen (secondary N) is 1. The summed E-state index contributed by atoms with van der Waals surface area (Å²) in [5.41, 5.74) is 3.69. The zero-order valence-electron chi connectivity index (χ0n) is 16.3. The second-order valence-electron chi connectivity index (χ2n) is 9.07. The molecule has 5 nitrogen and oxygen atoms in total. The number of aromatic nitrogens is 3. The molecule has 5 heterocycles. The summed E-state index contributed by atoms with van der Waals surface area (Å²) in [6.07, 6.45) is 4.57. The van der Waals surface area contributed by atoms with Crippen molar-refractivity contribution in [3.8, 4) is 0 Å². The van der Waals surface area contributed by atoms with Crippen molar-refractivity contribution in [2.24, 2.45) is 5.92 Å². The minimum atomic E-state index is 0.103. The highest BCUT2D eigenvalue weighted by atomic mass is 15.3. The van der Waals surface area contributed by atoms with Gasteiger partial charge in [0, 0.05) is 56.1 Å². The minimum Gasteiger partial charge on any atom is -0.296 e. The molecule has 0 radical (unpaired) electrons. The first kappa shape index (κ1) is 17.7. The predicted molar refractivity (Wildman–Crippen MR) is 104 cm³/mol. The predicted octanol–water partition coefficient (Wildman–Crippen LogP) is 3.20. The third kappa shape index (κ3) is 3.99. The van der Waals surface area contributed by atoms with E-state index in [1.165, 1.54) is 37.3 Å². The molecule has 2 aromatic rings. The van der Waals surface area contributed by atoms with Gasteiger partial charge in [-0.25, -0.2) is 0 Å². The maximum Gasteiger partial charge on any atom is 0.0678 e. The number of aromatic amines is 1. The van der Waals surface area contributed by atoms with Gasteiger partial charge < -0.3 is 0 Å². The summed E-state index contributed by atoms with van der Waals surface area (Å²) in [6, 6.07) is 9.12. The van der Waals surface area contributed by atoms with E-state index < -0.39 is 0 Å². The summed E-state index contributed by atoms with van der Waals surface area (Å²) in [5, 5.41) is 7.80. The van der Waals surface area contributed by atoms with E-state index in [1.807, 2.05) is 12.3 Å². The molecular formula is C21H31N5. The first-order valence-corrected chi connectivity index (χ1v) is 9.88. The topological polar surface area (TPSA) is 48.0 Å². The van der Waals surface area contributed by atoms with Gasteiger partial charge >= 0.3 is 0 Å². The largest absolute Gasteiger partial charge is 0.296 e. The van der Waals surface area contributed by atoms with Crippen LogP contribution in [0.4, 0.5) is 0 Å². The van der Waals surface area contributed by atoms with E-state index in [-0.39, 0.29) is 5.41 Å². The van der Waals surface area contributed by atoms with Crippen LogP contribution in [-0.2, 0) is 18.5 Å². The molecule has 2 atom stereocenters. The Hall–Kier alpha value is -1.72. The highest BCUT2D eigenvalue weighted by Gasteiger charge is 2.35. The van der Waals surface area contributed by atoms with Gasteiger partial charge in [-0.3, -0.25) is 19.9 Å². The summed E-state index contributed by atoms with van der Waals surface area (Å²) in [4.78, 5) is 9.81. The number of nitrogens with zero attached hydrogens (tertiary/aromatic N) is 4. The molecule has 26 heavy (non-hydrogen) atoms. The third-order valence-corrected chi connectivity index (χ3v) is 5.79. The van der Waals surface area contributed by atoms with E-state index in [9.17, 15) is 0 Å². The van der Waals surface area contributed by atoms with E-state index >= 15 is 0 Å². The van der Waals surface area contributed by atoms with Crippen molar-refractivity contribution in [3.05, 3.63) is 47.5 Å². The maximum atomic E-state index is 4.53. The number of H-pyrrole nitrogens is 1. The molecule has 140 valence electrons. The van der Waals surface area contributed by atoms with Crippen LogP contribution in [0.3, 0.4) is 0 Å². The first-order valence-electron chi connectivity index (χ1n) is 9.88. The number of hydrogen-bond donors (Lipinski definition) is 1. The Morgan fingerprint density at radius 3 is 2.73 bits per heavy atom. The summed E-state index contributed by atoms with van der Waals surface area (Å²) in [5.74, 6) is 0.766. The highest BCUT2D eigenvalue weighted by Crippen LogP contribution is 2.30. The molecule has 2 aromatic heterocycles. The van der Waals surface area contributed by atoms with E-state index in [0.29, 0.717) is 6.04 Å². The third-order valence-electron chi connectivity index (χ3n) is 5.79. The summed E-state index contributed by atoms with van der Waals surface area (Å²) in [6.45, 7) is 12.2. The maximum absolute atomic E-state index is 4.53. The second kappa shape index (κ2) is 7.12. The van der Waals surface area contributed by atoms with Crippen LogP contribution in [0.25, 0.3) is 0 Å². The number of hydrogen-bond acceptors (Lipinski definition) is 4. The fourth-order valence-corrected chi connectivity index (χ4v) is 4.37. The lowest BCUT2D eigenvalue weighted by atomic mass is 9.92. The second-order valence-corrected chi connectivity index (χ2v) is 9.07. The molecule has 3 aliphatic rings. The molecule has 5 rings (SSSR count). The monoisotopic (exact) mass is 353 g/mol. The molecule has 0 spiro atoms. The Morgan fingerprint density at radius 2 is 2.00 bits per heavy atom. The minimum absolute atomic E-state index is 0.103. The van der Waals surface area contributed by atoms with Gasteiger partial charge in [0.25, 0.3) is 0 Å². The molecule has 0 unspecified atom stereocenters. The van der Waals surface area contributed by atoms with Crippen molar-refractivity contribution in [1.82, 2.24) is 25.0 Å². The molecular weight excluding hydrogens is 322 g/mol. The van der Waals surface area contributed by atoms with Gasteiger partial charge in [-0.1, -0.05) is 26.8 Å². The Kier molecular flexibility index (Phi) is 4.84. The van der Waals surface area contributed by atoms with Crippen LogP contribution in [0.15, 0.2) is 30.5 Å². The molecule has 0 aromatic carbocycles. The zero-order chi connectivity index (χ0) is 18.1. The summed E-state index contributed by atoms with van der Waals surface area (Å²) < 4.78 is 0. The van der Waals surface area contributed by atoms with Crippen LogP contribution in [0.2, 0.25) is 0 Å². The smallest absolute Gasteiger partial charge is 0.0678 e. The van der Waals surface area contributed by atoms with Crippen molar-refractivity contribution < 1.29 is 0 Å². The number of rotatable bonds is 4. The lowest BCUT2D eigenvalue weighted by Gasteiger charge is -2.35. The van der Waals surface area contributed by atoms with Crippen LogP contribution in [-0.4, -0.2) is 50.7 Å². The summed E-state index contributed by atoms with van der Waals surface area (Å²) >= 11 is 0. The lowest BCUT2D eigenvalue weighted by Crippen LogP contribution is -2.43. The van der Waals surface area contributed by atoms with Crippen molar-refractivity contribution in [2.75, 3.05) is 19.6 Å². The Morgan fingerprint density at radius 1 is 1.12 bits per heavy atom. The van der Waals surface area contributed by atoms with Crippen LogP contribution in [0.5, 0.6) is 0 Å². The fourth-order valence-electron chi connectivity index (χ4n) is 4.37. The quantitative estimate of drug-likeness (QED) is 0.917. The van der Waals surface area contributed by atoms with Gasteiger partial charge in [-0.15, -0.1) is 0 Å². The highest BCUT2D eigenvalue weighted by molar-refractivity contribution is 5.16. The standard InChI is InChI=1S/C21H31N5/c1-21(2,3)20-10-18(23-24-20)13-25-11-16-7-8-19(15-25)26(12-16)14-17-6-4-5-9-22-17/h4-6,9-10,16,19H,7-8,11-15H2,1-3H3,(H,23,24)/t16-,19+/m0/s1. The van der Waals surface area contributed by atoms with Crippen molar-refractivity contribution in [1.29, 1.82) is 0 Å². The molecule has 0 saturated carbocycles. The van der Waals surface area contributed by atoms with E-state index in [0.717, 1.165) is 31.2 Å². The van der Waals surface area contributed by atoms with E-state index in [4.69, 9.17) is 0 Å². The van der Waals surface area contributed by atoms with Crippen LogP contribution in [0, 0.1) is 5.92 Å². The molecule has 5 heteroatoms. The fraction of sp³-hybridized carbons (Fsp3) is 0.619. The SMILES string of the molecule is CC(C)(C)c1cc(CN2C[C@@H]3CC[C@H](C2)N(Cc2ccccn2)C3)[nH]n1. The van der Waals surface area contributed by atoms with Crippen LogP contribution in [0.1, 0.15) is 50.7 Å². The van der Waals surface area contributed by atoms with E-state index in [1.54, 1.807) is 0 Å². The Bertz CT molecular complexity index is 718.